The average Bonchev–Trinajstić information content (AvgIpc) is 3.02. The second kappa shape index (κ2) is 7.36. The number of piperidine rings is 2. The third-order valence-electron chi connectivity index (χ3n) is 5.36. The summed E-state index contributed by atoms with van der Waals surface area (Å²) in [6.07, 6.45) is 5.67. The molecule has 24 heavy (non-hydrogen) atoms. The Morgan fingerprint density at radius 2 is 2.08 bits per heavy atom. The molecule has 0 aromatic carbocycles. The van der Waals surface area contributed by atoms with Crippen molar-refractivity contribution in [1.82, 2.24) is 20.0 Å². The van der Waals surface area contributed by atoms with E-state index in [1.807, 2.05) is 16.7 Å². The number of hydrogen-bond donors (Lipinski definition) is 1. The van der Waals surface area contributed by atoms with Gasteiger partial charge in [-0.15, -0.1) is 0 Å². The highest BCUT2D eigenvalue weighted by Gasteiger charge is 2.31. The van der Waals surface area contributed by atoms with E-state index >= 15 is 0 Å². The Labute approximate surface area is 143 Å². The topological polar surface area (TPSA) is 69.3 Å². The van der Waals surface area contributed by atoms with Crippen molar-refractivity contribution in [2.45, 2.75) is 64.3 Å². The second-order valence-electron chi connectivity index (χ2n) is 7.22. The van der Waals surface area contributed by atoms with Crippen LogP contribution in [0.2, 0.25) is 0 Å². The number of H-pyrrole nitrogens is 1. The fourth-order valence-corrected chi connectivity index (χ4v) is 4.05. The minimum absolute atomic E-state index is 0.0803. The molecule has 3 heterocycles. The van der Waals surface area contributed by atoms with Gasteiger partial charge in [-0.1, -0.05) is 0 Å². The number of likely N-dealkylation sites (tertiary alicyclic amines) is 2. The molecule has 132 valence electrons. The van der Waals surface area contributed by atoms with Gasteiger partial charge in [-0.3, -0.25) is 14.7 Å². The number of nitrogens with one attached hydrogen (secondary N) is 1. The van der Waals surface area contributed by atoms with Crippen LogP contribution in [0.4, 0.5) is 0 Å². The summed E-state index contributed by atoms with van der Waals surface area (Å²) in [5, 5.41) is 7.36. The summed E-state index contributed by atoms with van der Waals surface area (Å²) in [7, 11) is 0. The number of amides is 2. The molecule has 2 fully saturated rings. The maximum Gasteiger partial charge on any atom is 0.224 e. The lowest BCUT2D eigenvalue weighted by atomic mass is 9.93. The molecule has 1 aromatic heterocycles. The van der Waals surface area contributed by atoms with Crippen LogP contribution < -0.4 is 0 Å². The summed E-state index contributed by atoms with van der Waals surface area (Å²) in [6, 6.07) is 2.16. The molecule has 0 radical (unpaired) electrons. The molecule has 0 spiro atoms. The molecular formula is C18H28N4O2. The van der Waals surface area contributed by atoms with E-state index in [1.165, 1.54) is 0 Å². The van der Waals surface area contributed by atoms with Crippen LogP contribution in [0.3, 0.4) is 0 Å². The first-order valence-electron chi connectivity index (χ1n) is 9.11. The predicted molar refractivity (Wildman–Crippen MR) is 91.5 cm³/mol. The number of rotatable bonds is 3. The van der Waals surface area contributed by atoms with Gasteiger partial charge in [0.1, 0.15) is 0 Å². The van der Waals surface area contributed by atoms with E-state index < -0.39 is 0 Å². The maximum absolute atomic E-state index is 12.8. The van der Waals surface area contributed by atoms with Crippen molar-refractivity contribution >= 4 is 11.8 Å². The molecule has 1 aromatic rings. The molecule has 0 bridgehead atoms. The molecule has 2 amide bonds. The number of nitrogens with zero attached hydrogens (tertiary/aromatic N) is 3. The van der Waals surface area contributed by atoms with Gasteiger partial charge in [-0.2, -0.15) is 5.10 Å². The van der Waals surface area contributed by atoms with Crippen molar-refractivity contribution in [1.29, 1.82) is 0 Å². The lowest BCUT2D eigenvalue weighted by Crippen LogP contribution is -2.47. The van der Waals surface area contributed by atoms with Crippen molar-refractivity contribution in [3.63, 3.8) is 0 Å². The second-order valence-corrected chi connectivity index (χ2v) is 7.22. The highest BCUT2D eigenvalue weighted by molar-refractivity contribution is 5.79. The number of carbonyl (C=O) groups is 2. The molecule has 3 rings (SSSR count). The van der Waals surface area contributed by atoms with Crippen LogP contribution in [0.1, 0.15) is 62.8 Å². The van der Waals surface area contributed by atoms with Crippen LogP contribution >= 0.6 is 0 Å². The Morgan fingerprint density at radius 3 is 2.79 bits per heavy atom. The average molecular weight is 332 g/mol. The Kier molecular flexibility index (Phi) is 5.21. The molecule has 0 aliphatic carbocycles. The van der Waals surface area contributed by atoms with E-state index in [2.05, 4.69) is 16.3 Å². The van der Waals surface area contributed by atoms with E-state index in [1.54, 1.807) is 6.92 Å². The largest absolute Gasteiger partial charge is 0.342 e. The SMILES string of the molecule is CC(=O)N1CCCC[C@H]1CC(=O)N1CCC[C@@H](c2cc(C)[nH]n2)C1. The minimum Gasteiger partial charge on any atom is -0.342 e. The summed E-state index contributed by atoms with van der Waals surface area (Å²) in [4.78, 5) is 28.4. The quantitative estimate of drug-likeness (QED) is 0.923. The normalized spacial score (nSPS) is 24.9. The van der Waals surface area contributed by atoms with Gasteiger partial charge in [-0.25, -0.2) is 0 Å². The van der Waals surface area contributed by atoms with E-state index in [-0.39, 0.29) is 17.9 Å². The van der Waals surface area contributed by atoms with Crippen molar-refractivity contribution in [2.75, 3.05) is 19.6 Å². The Hall–Kier alpha value is -1.85. The molecule has 6 heteroatoms. The maximum atomic E-state index is 12.8. The van der Waals surface area contributed by atoms with Gasteiger partial charge in [-0.05, 0) is 45.1 Å². The van der Waals surface area contributed by atoms with E-state index in [9.17, 15) is 9.59 Å². The standard InChI is InChI=1S/C18H28N4O2/c1-13-10-17(20-19-13)15-6-5-8-21(12-15)18(24)11-16-7-3-4-9-22(16)14(2)23/h10,15-16H,3-9,11-12H2,1-2H3,(H,19,20)/t15-,16+/m1/s1. The monoisotopic (exact) mass is 332 g/mol. The van der Waals surface area contributed by atoms with Gasteiger partial charge in [0.15, 0.2) is 0 Å². The molecule has 0 saturated carbocycles. The summed E-state index contributed by atoms with van der Waals surface area (Å²) < 4.78 is 0. The first-order valence-corrected chi connectivity index (χ1v) is 9.11. The van der Waals surface area contributed by atoms with Crippen molar-refractivity contribution in [3.05, 3.63) is 17.5 Å². The van der Waals surface area contributed by atoms with Crippen LogP contribution in [0.5, 0.6) is 0 Å². The van der Waals surface area contributed by atoms with Crippen LogP contribution in [-0.2, 0) is 9.59 Å². The molecule has 2 atom stereocenters. The molecule has 6 nitrogen and oxygen atoms in total. The van der Waals surface area contributed by atoms with Crippen LogP contribution in [0, 0.1) is 6.92 Å². The molecule has 2 aliphatic heterocycles. The molecule has 2 saturated heterocycles. The highest BCUT2D eigenvalue weighted by Crippen LogP contribution is 2.27. The van der Waals surface area contributed by atoms with Crippen molar-refractivity contribution < 1.29 is 9.59 Å². The van der Waals surface area contributed by atoms with Gasteiger partial charge in [0.2, 0.25) is 11.8 Å². The number of aromatic nitrogens is 2. The lowest BCUT2D eigenvalue weighted by Gasteiger charge is -2.37. The summed E-state index contributed by atoms with van der Waals surface area (Å²) in [5.41, 5.74) is 2.13. The smallest absolute Gasteiger partial charge is 0.224 e. The molecule has 2 aliphatic rings. The van der Waals surface area contributed by atoms with Gasteiger partial charge < -0.3 is 9.80 Å². The van der Waals surface area contributed by atoms with Crippen LogP contribution in [-0.4, -0.2) is 57.5 Å². The van der Waals surface area contributed by atoms with Crippen LogP contribution in [0.25, 0.3) is 0 Å². The van der Waals surface area contributed by atoms with E-state index in [0.29, 0.717) is 12.3 Å². The first-order chi connectivity index (χ1) is 11.5. The molecular weight excluding hydrogens is 304 g/mol. The van der Waals surface area contributed by atoms with E-state index in [4.69, 9.17) is 0 Å². The predicted octanol–water partition coefficient (Wildman–Crippen LogP) is 2.22. The van der Waals surface area contributed by atoms with Crippen molar-refractivity contribution in [3.8, 4) is 0 Å². The third kappa shape index (κ3) is 3.79. The zero-order valence-electron chi connectivity index (χ0n) is 14.8. The zero-order valence-corrected chi connectivity index (χ0v) is 14.8. The lowest BCUT2D eigenvalue weighted by molar-refractivity contribution is -0.138. The molecule has 1 N–H and O–H groups in total. The molecule has 0 unspecified atom stereocenters. The highest BCUT2D eigenvalue weighted by atomic mass is 16.2. The van der Waals surface area contributed by atoms with Crippen molar-refractivity contribution in [2.24, 2.45) is 0 Å². The van der Waals surface area contributed by atoms with E-state index in [0.717, 1.165) is 63.1 Å². The zero-order chi connectivity index (χ0) is 17.1. The third-order valence-corrected chi connectivity index (χ3v) is 5.36. The fourth-order valence-electron chi connectivity index (χ4n) is 4.05. The Morgan fingerprint density at radius 1 is 1.25 bits per heavy atom. The Bertz CT molecular complexity index is 598. The number of hydrogen-bond acceptors (Lipinski definition) is 3. The minimum atomic E-state index is 0.0803. The van der Waals surface area contributed by atoms with Gasteiger partial charge in [0, 0.05) is 50.6 Å². The van der Waals surface area contributed by atoms with Gasteiger partial charge in [0.05, 0.1) is 5.69 Å². The number of aryl methyl sites for hydroxylation is 1. The van der Waals surface area contributed by atoms with Gasteiger partial charge >= 0.3 is 0 Å². The number of carbonyl (C=O) groups excluding carboxylic acids is 2. The number of aromatic amines is 1. The van der Waals surface area contributed by atoms with Gasteiger partial charge in [0.25, 0.3) is 0 Å². The summed E-state index contributed by atoms with van der Waals surface area (Å²) in [5.74, 6) is 0.601. The Balaban J connectivity index is 1.60. The first kappa shape index (κ1) is 17.0. The summed E-state index contributed by atoms with van der Waals surface area (Å²) in [6.45, 7) is 5.98. The summed E-state index contributed by atoms with van der Waals surface area (Å²) >= 11 is 0. The van der Waals surface area contributed by atoms with Crippen LogP contribution in [0.15, 0.2) is 6.07 Å². The fraction of sp³-hybridized carbons (Fsp3) is 0.722.